The lowest BCUT2D eigenvalue weighted by Crippen LogP contribution is -2.14. The van der Waals surface area contributed by atoms with Gasteiger partial charge in [-0.1, -0.05) is 12.1 Å². The molecule has 2 N–H and O–H groups in total. The number of hydrogen-bond acceptors (Lipinski definition) is 2. The Morgan fingerprint density at radius 3 is 2.12 bits per heavy atom. The van der Waals surface area contributed by atoms with E-state index in [1.165, 1.54) is 0 Å². The highest BCUT2D eigenvalue weighted by molar-refractivity contribution is 5.85. The van der Waals surface area contributed by atoms with Crippen molar-refractivity contribution in [1.82, 2.24) is 0 Å². The van der Waals surface area contributed by atoms with Crippen LogP contribution in [0.15, 0.2) is 24.3 Å². The van der Waals surface area contributed by atoms with Crippen LogP contribution in [-0.2, 0) is 0 Å². The Hall–Kier alpha value is -0.870. The van der Waals surface area contributed by atoms with Gasteiger partial charge in [-0.05, 0) is 31.5 Å². The summed E-state index contributed by atoms with van der Waals surface area (Å²) >= 11 is 0. The number of nitrogens with two attached hydrogens (primary N) is 1. The molecule has 1 aromatic carbocycles. The first-order valence-electron chi connectivity index (χ1n) is 5.29. The molecule has 98 valence electrons. The van der Waals surface area contributed by atoms with Crippen molar-refractivity contribution < 1.29 is 13.5 Å². The minimum Gasteiger partial charge on any atom is -0.491 e. The van der Waals surface area contributed by atoms with Crippen molar-refractivity contribution in [3.63, 3.8) is 0 Å². The Morgan fingerprint density at radius 1 is 1.18 bits per heavy atom. The fraction of sp³-hybridized carbons (Fsp3) is 0.500. The third-order valence-corrected chi connectivity index (χ3v) is 2.11. The molecule has 1 atom stereocenters. The predicted molar refractivity (Wildman–Crippen MR) is 67.0 cm³/mol. The molecule has 5 heteroatoms. The van der Waals surface area contributed by atoms with Crippen LogP contribution in [0, 0.1) is 0 Å². The van der Waals surface area contributed by atoms with Gasteiger partial charge in [0.05, 0.1) is 6.10 Å². The van der Waals surface area contributed by atoms with E-state index in [2.05, 4.69) is 0 Å². The summed E-state index contributed by atoms with van der Waals surface area (Å²) in [7, 11) is 0. The van der Waals surface area contributed by atoms with Crippen molar-refractivity contribution in [2.24, 2.45) is 5.73 Å². The first-order chi connectivity index (χ1) is 7.49. The molecule has 0 aliphatic carbocycles. The van der Waals surface area contributed by atoms with Crippen molar-refractivity contribution >= 4 is 12.4 Å². The molecular weight excluding hydrogens is 248 g/mol. The quantitative estimate of drug-likeness (QED) is 0.884. The molecule has 1 rings (SSSR count). The summed E-state index contributed by atoms with van der Waals surface area (Å²) in [6, 6.07) is 6.34. The van der Waals surface area contributed by atoms with Crippen LogP contribution < -0.4 is 10.5 Å². The number of rotatable bonds is 5. The highest BCUT2D eigenvalue weighted by Crippen LogP contribution is 2.21. The molecule has 0 saturated heterocycles. The fourth-order valence-electron chi connectivity index (χ4n) is 1.39. The maximum atomic E-state index is 12.1. The largest absolute Gasteiger partial charge is 0.491 e. The number of halogens is 3. The molecule has 0 spiro atoms. The van der Waals surface area contributed by atoms with E-state index >= 15 is 0 Å². The summed E-state index contributed by atoms with van der Waals surface area (Å²) in [5.41, 5.74) is 6.33. The Morgan fingerprint density at radius 2 is 1.71 bits per heavy atom. The second kappa shape index (κ2) is 7.45. The number of benzene rings is 1. The van der Waals surface area contributed by atoms with E-state index in [4.69, 9.17) is 10.5 Å². The van der Waals surface area contributed by atoms with E-state index in [-0.39, 0.29) is 24.9 Å². The zero-order valence-corrected chi connectivity index (χ0v) is 10.7. The second-order valence-electron chi connectivity index (χ2n) is 3.97. The average Bonchev–Trinajstić information content (AvgIpc) is 2.16. The van der Waals surface area contributed by atoms with Gasteiger partial charge >= 0.3 is 0 Å². The Bertz CT molecular complexity index is 317. The minimum absolute atomic E-state index is 0. The first kappa shape index (κ1) is 16.1. The highest BCUT2D eigenvalue weighted by atomic mass is 35.5. The summed E-state index contributed by atoms with van der Waals surface area (Å²) in [5.74, 6) is 0.725. The Kier molecular flexibility index (Phi) is 7.07. The van der Waals surface area contributed by atoms with Crippen LogP contribution in [0.5, 0.6) is 5.75 Å². The maximum absolute atomic E-state index is 12.1. The van der Waals surface area contributed by atoms with Gasteiger partial charge in [0.15, 0.2) is 0 Å². The van der Waals surface area contributed by atoms with Crippen LogP contribution in [0.3, 0.4) is 0 Å². The topological polar surface area (TPSA) is 35.2 Å². The third kappa shape index (κ3) is 5.84. The smallest absolute Gasteiger partial charge is 0.240 e. The zero-order chi connectivity index (χ0) is 12.1. The van der Waals surface area contributed by atoms with Gasteiger partial charge in [-0.3, -0.25) is 0 Å². The third-order valence-electron chi connectivity index (χ3n) is 2.11. The van der Waals surface area contributed by atoms with E-state index in [0.29, 0.717) is 5.56 Å². The number of alkyl halides is 2. The molecule has 0 heterocycles. The highest BCUT2D eigenvalue weighted by Gasteiger charge is 2.12. The molecule has 1 aromatic rings. The van der Waals surface area contributed by atoms with Gasteiger partial charge in [0, 0.05) is 12.5 Å². The van der Waals surface area contributed by atoms with E-state index in [0.717, 1.165) is 5.75 Å². The first-order valence-corrected chi connectivity index (χ1v) is 5.29. The van der Waals surface area contributed by atoms with Gasteiger partial charge in [0.1, 0.15) is 5.75 Å². The maximum Gasteiger partial charge on any atom is 0.240 e. The van der Waals surface area contributed by atoms with Crippen molar-refractivity contribution in [2.75, 3.05) is 0 Å². The summed E-state index contributed by atoms with van der Waals surface area (Å²) in [6.45, 7) is 3.85. The van der Waals surface area contributed by atoms with Gasteiger partial charge in [0.2, 0.25) is 6.43 Å². The molecular formula is C12H18ClF2NO. The molecule has 0 unspecified atom stereocenters. The molecule has 0 aliphatic rings. The van der Waals surface area contributed by atoms with E-state index < -0.39 is 12.5 Å². The summed E-state index contributed by atoms with van der Waals surface area (Å²) in [5, 5.41) is 0. The number of ether oxygens (including phenoxy) is 1. The van der Waals surface area contributed by atoms with Crippen LogP contribution in [-0.4, -0.2) is 12.5 Å². The number of hydrogen-bond donors (Lipinski definition) is 1. The van der Waals surface area contributed by atoms with Crippen molar-refractivity contribution in [3.05, 3.63) is 29.8 Å². The van der Waals surface area contributed by atoms with Gasteiger partial charge in [-0.25, -0.2) is 8.78 Å². The Balaban J connectivity index is 0.00000256. The molecule has 0 fully saturated rings. The second-order valence-corrected chi connectivity index (χ2v) is 3.97. The van der Waals surface area contributed by atoms with Gasteiger partial charge < -0.3 is 10.5 Å². The van der Waals surface area contributed by atoms with Crippen LogP contribution in [0.25, 0.3) is 0 Å². The predicted octanol–water partition coefficient (Wildman–Crippen LogP) is 3.55. The average molecular weight is 266 g/mol. The molecule has 0 aliphatic heterocycles. The minimum atomic E-state index is -2.37. The molecule has 2 nitrogen and oxygen atoms in total. The zero-order valence-electron chi connectivity index (χ0n) is 9.90. The lowest BCUT2D eigenvalue weighted by Gasteiger charge is -2.13. The molecule has 0 aromatic heterocycles. The van der Waals surface area contributed by atoms with E-state index in [1.54, 1.807) is 24.3 Å². The molecule has 0 radical (unpaired) electrons. The van der Waals surface area contributed by atoms with Gasteiger partial charge in [0.25, 0.3) is 0 Å². The lowest BCUT2D eigenvalue weighted by molar-refractivity contribution is 0.128. The lowest BCUT2D eigenvalue weighted by atomic mass is 10.1. The summed E-state index contributed by atoms with van der Waals surface area (Å²) in [6.07, 6.45) is -2.59. The normalized spacial score (nSPS) is 12.4. The van der Waals surface area contributed by atoms with Gasteiger partial charge in [-0.2, -0.15) is 0 Å². The van der Waals surface area contributed by atoms with Crippen LogP contribution >= 0.6 is 12.4 Å². The monoisotopic (exact) mass is 265 g/mol. The van der Waals surface area contributed by atoms with Crippen LogP contribution in [0.4, 0.5) is 8.78 Å². The Labute approximate surface area is 107 Å². The summed E-state index contributed by atoms with van der Waals surface area (Å²) in [4.78, 5) is 0. The van der Waals surface area contributed by atoms with E-state index in [1.807, 2.05) is 13.8 Å². The van der Waals surface area contributed by atoms with Crippen LogP contribution in [0.1, 0.15) is 31.9 Å². The van der Waals surface area contributed by atoms with Crippen LogP contribution in [0.2, 0.25) is 0 Å². The molecule has 0 amide bonds. The SMILES string of the molecule is CC(C)Oc1ccc([C@@H](N)CC(F)F)cc1.Cl. The van der Waals surface area contributed by atoms with Crippen molar-refractivity contribution in [2.45, 2.75) is 38.8 Å². The van der Waals surface area contributed by atoms with Gasteiger partial charge in [-0.15, -0.1) is 12.4 Å². The molecule has 0 saturated carbocycles. The standard InChI is InChI=1S/C12H17F2NO.ClH/c1-8(2)16-10-5-3-9(4-6-10)11(15)7-12(13)14;/h3-6,8,11-12H,7,15H2,1-2H3;1H/t11-;/m0./s1. The molecule has 0 bridgehead atoms. The fourth-order valence-corrected chi connectivity index (χ4v) is 1.39. The van der Waals surface area contributed by atoms with Crippen molar-refractivity contribution in [3.8, 4) is 5.75 Å². The summed E-state index contributed by atoms with van der Waals surface area (Å²) < 4.78 is 29.7. The molecule has 17 heavy (non-hydrogen) atoms. The van der Waals surface area contributed by atoms with E-state index in [9.17, 15) is 8.78 Å². The van der Waals surface area contributed by atoms with Crippen molar-refractivity contribution in [1.29, 1.82) is 0 Å².